The molecule has 0 unspecified atom stereocenters. The fraction of sp³-hybridized carbons (Fsp3) is 1.00. The molecule has 0 aromatic rings. The third-order valence-electron chi connectivity index (χ3n) is 0.525. The Morgan fingerprint density at radius 3 is 1.89 bits per heavy atom. The second-order valence-corrected chi connectivity index (χ2v) is 3.92. The van der Waals surface area contributed by atoms with E-state index in [2.05, 4.69) is 4.43 Å². The van der Waals surface area contributed by atoms with Crippen LogP contribution in [0.15, 0.2) is 0 Å². The molecule has 0 saturated carbocycles. The van der Waals surface area contributed by atoms with Gasteiger partial charge in [-0.05, 0) is 13.1 Å². The largest absolute Gasteiger partial charge is 0.410 e. The molecule has 9 heavy (non-hydrogen) atoms. The zero-order chi connectivity index (χ0) is 7.49. The van der Waals surface area contributed by atoms with Gasteiger partial charge in [0.25, 0.3) is 0 Å². The van der Waals surface area contributed by atoms with Gasteiger partial charge < -0.3 is 4.43 Å². The van der Waals surface area contributed by atoms with Crippen LogP contribution in [0.1, 0.15) is 0 Å². The van der Waals surface area contributed by atoms with Crippen molar-refractivity contribution in [3.05, 3.63) is 0 Å². The summed E-state index contributed by atoms with van der Waals surface area (Å²) in [5.41, 5.74) is 0. The predicted molar refractivity (Wildman–Crippen MR) is 29.5 cm³/mol. The van der Waals surface area contributed by atoms with E-state index in [-0.39, 0.29) is 0 Å². The molecule has 0 aliphatic carbocycles. The summed E-state index contributed by atoms with van der Waals surface area (Å²) in [6, 6.07) is 0. The van der Waals surface area contributed by atoms with Crippen LogP contribution in [0.4, 0.5) is 13.2 Å². The van der Waals surface area contributed by atoms with Crippen LogP contribution in [0, 0.1) is 0 Å². The van der Waals surface area contributed by atoms with Crippen molar-refractivity contribution < 1.29 is 17.6 Å². The topological polar surface area (TPSA) is 9.23 Å². The van der Waals surface area contributed by atoms with E-state index in [4.69, 9.17) is 0 Å². The minimum Gasteiger partial charge on any atom is -0.408 e. The Hall–Kier alpha value is -0.0331. The maximum Gasteiger partial charge on any atom is 0.410 e. The van der Waals surface area contributed by atoms with Crippen LogP contribution in [-0.4, -0.2) is 21.8 Å². The van der Waals surface area contributed by atoms with Gasteiger partial charge in [-0.15, -0.1) is 0 Å². The Morgan fingerprint density at radius 1 is 1.33 bits per heavy atom. The second kappa shape index (κ2) is 3.22. The molecule has 0 heterocycles. The molecule has 0 bridgehead atoms. The maximum atomic E-state index is 11.3. The van der Waals surface area contributed by atoms with Gasteiger partial charge in [-0.2, -0.15) is 13.2 Å². The number of hydrogen-bond donors (Lipinski definition) is 0. The van der Waals surface area contributed by atoms with Crippen LogP contribution in [-0.2, 0) is 4.43 Å². The Morgan fingerprint density at radius 2 is 1.78 bits per heavy atom. The minimum atomic E-state index is -4.16. The zero-order valence-electron chi connectivity index (χ0n) is 5.25. The van der Waals surface area contributed by atoms with Crippen LogP contribution in [0.2, 0.25) is 13.1 Å². The summed E-state index contributed by atoms with van der Waals surface area (Å²) in [6.07, 6.45) is -4.16. The Bertz CT molecular complexity index is 80.4. The number of alkyl halides is 3. The van der Waals surface area contributed by atoms with Gasteiger partial charge in [-0.25, -0.2) is 0 Å². The van der Waals surface area contributed by atoms with Gasteiger partial charge in [-0.3, -0.25) is 0 Å². The monoisotopic (exact) mass is 157 g/mol. The van der Waals surface area contributed by atoms with E-state index in [1.807, 2.05) is 0 Å². The predicted octanol–water partition coefficient (Wildman–Crippen LogP) is 1.82. The molecule has 1 radical (unpaired) electrons. The number of hydrogen-bond acceptors (Lipinski definition) is 1. The molecule has 5 heteroatoms. The van der Waals surface area contributed by atoms with E-state index in [9.17, 15) is 13.2 Å². The number of halogens is 3. The molecular weight excluding hydrogens is 149 g/mol. The average molecular weight is 157 g/mol. The summed E-state index contributed by atoms with van der Waals surface area (Å²) in [5.74, 6) is 0. The molecule has 55 valence electrons. The lowest BCUT2D eigenvalue weighted by atomic mass is 10.7. The van der Waals surface area contributed by atoms with Crippen molar-refractivity contribution in [2.75, 3.05) is 6.61 Å². The summed E-state index contributed by atoms with van der Waals surface area (Å²) in [7, 11) is -1.19. The van der Waals surface area contributed by atoms with Crippen molar-refractivity contribution in [1.29, 1.82) is 0 Å². The summed E-state index contributed by atoms with van der Waals surface area (Å²) < 4.78 is 38.3. The molecule has 0 amide bonds. The van der Waals surface area contributed by atoms with E-state index in [0.717, 1.165) is 0 Å². The van der Waals surface area contributed by atoms with E-state index < -0.39 is 21.8 Å². The van der Waals surface area contributed by atoms with E-state index in [1.54, 1.807) is 13.1 Å². The van der Waals surface area contributed by atoms with Gasteiger partial charge in [0.1, 0.15) is 6.61 Å². The molecule has 0 saturated heterocycles. The van der Waals surface area contributed by atoms with Gasteiger partial charge in [0.05, 0.1) is 0 Å². The highest BCUT2D eigenvalue weighted by Crippen LogP contribution is 2.14. The molecule has 0 aromatic heterocycles. The van der Waals surface area contributed by atoms with Gasteiger partial charge in [-0.1, -0.05) is 0 Å². The molecule has 0 rings (SSSR count). The smallest absolute Gasteiger partial charge is 0.408 e. The Balaban J connectivity index is 3.28. The fourth-order valence-electron chi connectivity index (χ4n) is 0.226. The zero-order valence-corrected chi connectivity index (χ0v) is 6.25. The first-order chi connectivity index (χ1) is 3.92. The average Bonchev–Trinajstić information content (AvgIpc) is 1.59. The summed E-state index contributed by atoms with van der Waals surface area (Å²) in [4.78, 5) is 0. The van der Waals surface area contributed by atoms with Crippen LogP contribution in [0.25, 0.3) is 0 Å². The van der Waals surface area contributed by atoms with Crippen LogP contribution in [0.5, 0.6) is 0 Å². The normalized spacial score (nSPS) is 12.7. The van der Waals surface area contributed by atoms with E-state index in [1.165, 1.54) is 0 Å². The highest BCUT2D eigenvalue weighted by atomic mass is 28.3. The fourth-order valence-corrected chi connectivity index (χ4v) is 0.679. The lowest BCUT2D eigenvalue weighted by Gasteiger charge is -2.08. The molecule has 0 aromatic carbocycles. The first kappa shape index (κ1) is 8.97. The molecular formula is C4H8F3OSi. The van der Waals surface area contributed by atoms with Crippen molar-refractivity contribution in [3.8, 4) is 0 Å². The second-order valence-electron chi connectivity index (χ2n) is 1.81. The van der Waals surface area contributed by atoms with Gasteiger partial charge in [0.15, 0.2) is 0 Å². The van der Waals surface area contributed by atoms with Gasteiger partial charge in [0.2, 0.25) is 9.04 Å². The third kappa shape index (κ3) is 7.97. The summed E-state index contributed by atoms with van der Waals surface area (Å²) in [6.45, 7) is 2.22. The first-order valence-corrected chi connectivity index (χ1v) is 4.82. The van der Waals surface area contributed by atoms with E-state index >= 15 is 0 Å². The number of rotatable bonds is 2. The van der Waals surface area contributed by atoms with Crippen molar-refractivity contribution in [1.82, 2.24) is 0 Å². The van der Waals surface area contributed by atoms with Crippen molar-refractivity contribution in [2.45, 2.75) is 19.3 Å². The van der Waals surface area contributed by atoms with E-state index in [0.29, 0.717) is 0 Å². The first-order valence-electron chi connectivity index (χ1n) is 2.41. The van der Waals surface area contributed by atoms with Crippen LogP contribution >= 0.6 is 0 Å². The van der Waals surface area contributed by atoms with Gasteiger partial charge in [0, 0.05) is 0 Å². The molecule has 0 aliphatic heterocycles. The Kier molecular flexibility index (Phi) is 3.20. The van der Waals surface area contributed by atoms with Gasteiger partial charge >= 0.3 is 6.18 Å². The molecule has 0 aliphatic rings. The van der Waals surface area contributed by atoms with Crippen LogP contribution < -0.4 is 0 Å². The molecule has 0 fully saturated rings. The molecule has 1 nitrogen and oxygen atoms in total. The lowest BCUT2D eigenvalue weighted by Crippen LogP contribution is -2.21. The molecule has 0 N–H and O–H groups in total. The highest BCUT2D eigenvalue weighted by Gasteiger charge is 2.27. The molecule has 0 spiro atoms. The molecule has 0 atom stereocenters. The third-order valence-corrected chi connectivity index (χ3v) is 1.25. The summed E-state index contributed by atoms with van der Waals surface area (Å²) in [5, 5.41) is 0. The maximum absolute atomic E-state index is 11.3. The SMILES string of the molecule is C[Si](C)OCC(F)(F)F. The highest BCUT2D eigenvalue weighted by molar-refractivity contribution is 6.48. The lowest BCUT2D eigenvalue weighted by molar-refractivity contribution is -0.154. The van der Waals surface area contributed by atoms with Crippen molar-refractivity contribution in [2.24, 2.45) is 0 Å². The minimum absolute atomic E-state index is 1.10. The van der Waals surface area contributed by atoms with Crippen LogP contribution in [0.3, 0.4) is 0 Å². The standard InChI is InChI=1S/C4H8F3OSi/c1-9(2)8-3-4(5,6)7/h3H2,1-2H3. The summed E-state index contributed by atoms with van der Waals surface area (Å²) >= 11 is 0. The van der Waals surface area contributed by atoms with Crippen molar-refractivity contribution >= 4 is 9.04 Å². The quantitative estimate of drug-likeness (QED) is 0.555. The Labute approximate surface area is 53.5 Å². The van der Waals surface area contributed by atoms with Crippen molar-refractivity contribution in [3.63, 3.8) is 0 Å².